The molecule has 7 atom stereocenters. The van der Waals surface area contributed by atoms with E-state index in [9.17, 15) is 52.2 Å². The van der Waals surface area contributed by atoms with Crippen LogP contribution in [0.2, 0.25) is 0 Å². The lowest BCUT2D eigenvalue weighted by Crippen LogP contribution is -2.68. The first-order chi connectivity index (χ1) is 24.9. The number of carbonyl (C=O) groups excluding carboxylic acids is 5. The van der Waals surface area contributed by atoms with E-state index in [1.165, 1.54) is 20.8 Å². The number of benzene rings is 1. The molecule has 0 fully saturated rings. The first-order valence-electron chi connectivity index (χ1n) is 17.7. The number of carboxylic acids is 1. The lowest BCUT2D eigenvalue weighted by Gasteiger charge is -2.34. The standard InChI is InChI=1S/C36H56F3N5O10/c1-19(2)14-24(26(45)16-28(47)40-22(7)31(50)41-25(15-20(3)4)27(46)17-29(48)49)42-32(51)30(21(5)6)43-33(52)35(8,36(37,38)39)44-34(53)54-18-23-12-10-9-11-13-23/h9-13,19-22,24-27,30,45-46H,14-18H2,1-8H3,(H,40,47)(H,41,50)(H,42,51)(H,43,52)(H,44,53)(H,48,49)/t22-,24-,25-,26-,27-,30-,35+/m0/s1. The smallest absolute Gasteiger partial charge is 0.420 e. The highest BCUT2D eigenvalue weighted by atomic mass is 19.4. The highest BCUT2D eigenvalue weighted by Crippen LogP contribution is 2.31. The van der Waals surface area contributed by atoms with Crippen molar-refractivity contribution in [1.29, 1.82) is 0 Å². The number of alkyl halides is 3. The summed E-state index contributed by atoms with van der Waals surface area (Å²) in [6.45, 7) is 11.4. The molecular formula is C36H56F3N5O10. The number of rotatable bonds is 21. The summed E-state index contributed by atoms with van der Waals surface area (Å²) in [7, 11) is 0. The van der Waals surface area contributed by atoms with E-state index in [1.54, 1.807) is 49.5 Å². The number of carbonyl (C=O) groups is 6. The molecule has 0 aliphatic rings. The Morgan fingerprint density at radius 3 is 1.70 bits per heavy atom. The Hall–Kier alpha value is -4.45. The maximum atomic E-state index is 14.3. The second-order valence-electron chi connectivity index (χ2n) is 14.7. The van der Waals surface area contributed by atoms with Crippen molar-refractivity contribution < 1.29 is 62.0 Å². The van der Waals surface area contributed by atoms with Crippen LogP contribution in [0.25, 0.3) is 0 Å². The van der Waals surface area contributed by atoms with E-state index < -0.39 is 103 Å². The number of amides is 5. The van der Waals surface area contributed by atoms with E-state index >= 15 is 0 Å². The van der Waals surface area contributed by atoms with Gasteiger partial charge in [0, 0.05) is 0 Å². The molecule has 0 radical (unpaired) electrons. The molecule has 18 heteroatoms. The lowest BCUT2D eigenvalue weighted by atomic mass is 9.94. The monoisotopic (exact) mass is 775 g/mol. The van der Waals surface area contributed by atoms with E-state index in [4.69, 9.17) is 9.84 Å². The zero-order valence-electron chi connectivity index (χ0n) is 32.0. The Balaban J connectivity index is 3.04. The molecular weight excluding hydrogens is 719 g/mol. The van der Waals surface area contributed by atoms with E-state index in [0.717, 1.165) is 0 Å². The Morgan fingerprint density at radius 1 is 0.741 bits per heavy atom. The first kappa shape index (κ1) is 47.6. The lowest BCUT2D eigenvalue weighted by molar-refractivity contribution is -0.194. The van der Waals surface area contributed by atoms with Gasteiger partial charge in [0.05, 0.1) is 37.1 Å². The number of aliphatic hydroxyl groups is 2. The predicted molar refractivity (Wildman–Crippen MR) is 190 cm³/mol. The maximum Gasteiger partial charge on any atom is 0.420 e. The molecule has 0 aliphatic heterocycles. The largest absolute Gasteiger partial charge is 0.481 e. The number of aliphatic hydroxyl groups excluding tert-OH is 2. The Bertz CT molecular complexity index is 1410. The Labute approximate surface area is 313 Å². The third-order valence-corrected chi connectivity index (χ3v) is 8.41. The molecule has 15 nitrogen and oxygen atoms in total. The van der Waals surface area contributed by atoms with Gasteiger partial charge in [-0.05, 0) is 50.0 Å². The third kappa shape index (κ3) is 15.9. The summed E-state index contributed by atoms with van der Waals surface area (Å²) in [4.78, 5) is 75.9. The van der Waals surface area contributed by atoms with Crippen molar-refractivity contribution >= 4 is 35.7 Å². The van der Waals surface area contributed by atoms with Crippen molar-refractivity contribution in [2.24, 2.45) is 17.8 Å². The number of ether oxygens (including phenoxy) is 1. The quantitative estimate of drug-likeness (QED) is 0.0910. The van der Waals surface area contributed by atoms with Gasteiger partial charge in [0.2, 0.25) is 23.3 Å². The number of carboxylic acid groups (broad SMARTS) is 1. The summed E-state index contributed by atoms with van der Waals surface area (Å²) in [6.07, 6.45) is -10.7. The first-order valence-corrected chi connectivity index (χ1v) is 17.7. The van der Waals surface area contributed by atoms with Crippen LogP contribution in [0.15, 0.2) is 30.3 Å². The van der Waals surface area contributed by atoms with Crippen LogP contribution < -0.4 is 26.6 Å². The molecule has 0 bridgehead atoms. The van der Waals surface area contributed by atoms with Crippen LogP contribution in [0.4, 0.5) is 18.0 Å². The van der Waals surface area contributed by atoms with Crippen LogP contribution in [0.3, 0.4) is 0 Å². The van der Waals surface area contributed by atoms with Crippen molar-refractivity contribution in [2.75, 3.05) is 0 Å². The third-order valence-electron chi connectivity index (χ3n) is 8.41. The van der Waals surface area contributed by atoms with E-state index in [-0.39, 0.29) is 31.3 Å². The average molecular weight is 776 g/mol. The van der Waals surface area contributed by atoms with Crippen LogP contribution in [0.1, 0.15) is 86.6 Å². The Morgan fingerprint density at radius 2 is 1.24 bits per heavy atom. The molecule has 0 unspecified atom stereocenters. The number of aliphatic carboxylic acids is 1. The van der Waals surface area contributed by atoms with Gasteiger partial charge >= 0.3 is 18.2 Å². The second kappa shape index (κ2) is 21.4. The minimum Gasteiger partial charge on any atom is -0.481 e. The summed E-state index contributed by atoms with van der Waals surface area (Å²) >= 11 is 0. The average Bonchev–Trinajstić information content (AvgIpc) is 3.04. The van der Waals surface area contributed by atoms with Crippen LogP contribution >= 0.6 is 0 Å². The van der Waals surface area contributed by atoms with Crippen LogP contribution in [0.5, 0.6) is 0 Å². The highest BCUT2D eigenvalue weighted by molar-refractivity contribution is 5.95. The van der Waals surface area contributed by atoms with Crippen molar-refractivity contribution in [2.45, 2.75) is 136 Å². The highest BCUT2D eigenvalue weighted by Gasteiger charge is 2.59. The number of halogens is 3. The molecule has 1 aromatic carbocycles. The fourth-order valence-corrected chi connectivity index (χ4v) is 5.28. The molecule has 5 amide bonds. The topological polar surface area (TPSA) is 232 Å². The molecule has 0 heterocycles. The summed E-state index contributed by atoms with van der Waals surface area (Å²) in [5, 5.41) is 41.5. The van der Waals surface area contributed by atoms with Gasteiger partial charge < -0.3 is 41.3 Å². The summed E-state index contributed by atoms with van der Waals surface area (Å²) < 4.78 is 47.7. The predicted octanol–water partition coefficient (Wildman–Crippen LogP) is 2.53. The molecule has 306 valence electrons. The van der Waals surface area contributed by atoms with Crippen LogP contribution in [-0.2, 0) is 35.3 Å². The molecule has 1 rings (SSSR count). The summed E-state index contributed by atoms with van der Waals surface area (Å²) in [5.74, 6) is -6.48. The number of nitrogens with one attached hydrogen (secondary N) is 5. The molecule has 0 aromatic heterocycles. The van der Waals surface area contributed by atoms with Crippen LogP contribution in [0, 0.1) is 17.8 Å². The van der Waals surface area contributed by atoms with E-state index in [2.05, 4.69) is 21.3 Å². The fourth-order valence-electron chi connectivity index (χ4n) is 5.28. The normalized spacial score (nSPS) is 16.2. The van der Waals surface area contributed by atoms with Gasteiger partial charge in [0.25, 0.3) is 5.91 Å². The zero-order chi connectivity index (χ0) is 41.6. The molecule has 0 spiro atoms. The van der Waals surface area contributed by atoms with Gasteiger partial charge in [-0.2, -0.15) is 13.2 Å². The minimum atomic E-state index is -5.33. The van der Waals surface area contributed by atoms with Crippen molar-refractivity contribution in [3.63, 3.8) is 0 Å². The van der Waals surface area contributed by atoms with Gasteiger partial charge in [-0.25, -0.2) is 4.79 Å². The van der Waals surface area contributed by atoms with Gasteiger partial charge in [-0.3, -0.25) is 29.3 Å². The van der Waals surface area contributed by atoms with Gasteiger partial charge in [0.1, 0.15) is 18.7 Å². The SMILES string of the molecule is CC(C)C[C@H](NC(=O)[C@H](C)NC(=O)C[C@H](O)[C@H](CC(C)C)NC(=O)[C@@H](NC(=O)[C@@](C)(NC(=O)OCc1ccccc1)C(F)(F)F)C(C)C)[C@@H](O)CC(=O)O. The van der Waals surface area contributed by atoms with E-state index in [1.807, 2.05) is 13.8 Å². The number of hydrogen-bond donors (Lipinski definition) is 8. The molecule has 1 aromatic rings. The van der Waals surface area contributed by atoms with Gasteiger partial charge in [-0.1, -0.05) is 71.9 Å². The molecule has 0 saturated carbocycles. The minimum absolute atomic E-state index is 0.0182. The number of hydrogen-bond acceptors (Lipinski definition) is 9. The maximum absolute atomic E-state index is 14.3. The molecule has 54 heavy (non-hydrogen) atoms. The van der Waals surface area contributed by atoms with Crippen LogP contribution in [-0.4, -0.2) is 99.1 Å². The van der Waals surface area contributed by atoms with Crippen molar-refractivity contribution in [3.8, 4) is 0 Å². The molecule has 0 saturated heterocycles. The van der Waals surface area contributed by atoms with E-state index in [0.29, 0.717) is 12.5 Å². The summed E-state index contributed by atoms with van der Waals surface area (Å²) in [5.41, 5.74) is -3.03. The second-order valence-corrected chi connectivity index (χ2v) is 14.7. The fraction of sp³-hybridized carbons (Fsp3) is 0.667. The van der Waals surface area contributed by atoms with Gasteiger partial charge in [-0.15, -0.1) is 0 Å². The zero-order valence-corrected chi connectivity index (χ0v) is 32.0. The summed E-state index contributed by atoms with van der Waals surface area (Å²) in [6, 6.07) is 3.29. The molecule has 8 N–H and O–H groups in total. The van der Waals surface area contributed by atoms with Crippen molar-refractivity contribution in [3.05, 3.63) is 35.9 Å². The van der Waals surface area contributed by atoms with Crippen molar-refractivity contribution in [1.82, 2.24) is 26.6 Å². The molecule has 0 aliphatic carbocycles. The van der Waals surface area contributed by atoms with Gasteiger partial charge in [0.15, 0.2) is 0 Å². The Kier molecular flexibility index (Phi) is 18.9. The number of alkyl carbamates (subject to hydrolysis) is 1.